The SMILES string of the molecule is C=CCC(C(=O)OCC)C(=O)C(CC=C)C(=O)OCC. The maximum absolute atomic E-state index is 12.4. The van der Waals surface area contributed by atoms with Crippen molar-refractivity contribution in [3.63, 3.8) is 0 Å². The maximum atomic E-state index is 12.4. The van der Waals surface area contributed by atoms with E-state index in [1.54, 1.807) is 13.8 Å². The van der Waals surface area contributed by atoms with E-state index in [1.165, 1.54) is 12.2 Å². The summed E-state index contributed by atoms with van der Waals surface area (Å²) in [4.78, 5) is 35.9. The molecule has 0 N–H and O–H groups in total. The van der Waals surface area contributed by atoms with E-state index in [0.29, 0.717) is 0 Å². The van der Waals surface area contributed by atoms with Crippen LogP contribution in [-0.4, -0.2) is 30.9 Å². The second kappa shape index (κ2) is 9.95. The molecule has 0 radical (unpaired) electrons. The fourth-order valence-electron chi connectivity index (χ4n) is 1.72. The highest BCUT2D eigenvalue weighted by Gasteiger charge is 2.36. The van der Waals surface area contributed by atoms with Crippen molar-refractivity contribution in [1.82, 2.24) is 0 Å². The van der Waals surface area contributed by atoms with Gasteiger partial charge in [0.25, 0.3) is 0 Å². The van der Waals surface area contributed by atoms with Crippen molar-refractivity contribution >= 4 is 17.7 Å². The van der Waals surface area contributed by atoms with Crippen molar-refractivity contribution in [2.24, 2.45) is 11.8 Å². The van der Waals surface area contributed by atoms with Gasteiger partial charge in [0.05, 0.1) is 13.2 Å². The first-order chi connectivity index (χ1) is 9.53. The zero-order valence-electron chi connectivity index (χ0n) is 12.1. The molecule has 0 rings (SSSR count). The Morgan fingerprint density at radius 3 is 1.50 bits per heavy atom. The van der Waals surface area contributed by atoms with Gasteiger partial charge in [0, 0.05) is 0 Å². The Bertz CT molecular complexity index is 338. The van der Waals surface area contributed by atoms with Gasteiger partial charge in [-0.1, -0.05) is 12.2 Å². The lowest BCUT2D eigenvalue weighted by Crippen LogP contribution is -2.35. The van der Waals surface area contributed by atoms with Crippen molar-refractivity contribution in [3.8, 4) is 0 Å². The predicted molar refractivity (Wildman–Crippen MR) is 74.9 cm³/mol. The van der Waals surface area contributed by atoms with E-state index in [-0.39, 0.29) is 26.1 Å². The quantitative estimate of drug-likeness (QED) is 0.348. The average molecular weight is 282 g/mol. The normalized spacial score (nSPS) is 12.9. The van der Waals surface area contributed by atoms with E-state index in [0.717, 1.165) is 0 Å². The lowest BCUT2D eigenvalue weighted by Gasteiger charge is -2.18. The van der Waals surface area contributed by atoms with Crippen LogP contribution in [0.25, 0.3) is 0 Å². The summed E-state index contributed by atoms with van der Waals surface area (Å²) in [5.41, 5.74) is 0. The van der Waals surface area contributed by atoms with Crippen LogP contribution < -0.4 is 0 Å². The molecule has 0 bridgehead atoms. The van der Waals surface area contributed by atoms with Crippen molar-refractivity contribution in [2.45, 2.75) is 26.7 Å². The topological polar surface area (TPSA) is 69.7 Å². The predicted octanol–water partition coefficient (Wildman–Crippen LogP) is 2.07. The monoisotopic (exact) mass is 282 g/mol. The molecular weight excluding hydrogens is 260 g/mol. The van der Waals surface area contributed by atoms with Crippen molar-refractivity contribution in [1.29, 1.82) is 0 Å². The third-order valence-electron chi connectivity index (χ3n) is 2.63. The number of ketones is 1. The number of carbonyl (C=O) groups is 3. The van der Waals surface area contributed by atoms with E-state index < -0.39 is 29.6 Å². The van der Waals surface area contributed by atoms with Gasteiger partial charge in [-0.05, 0) is 26.7 Å². The molecule has 20 heavy (non-hydrogen) atoms. The smallest absolute Gasteiger partial charge is 0.316 e. The Kier molecular flexibility index (Phi) is 9.00. The van der Waals surface area contributed by atoms with Gasteiger partial charge in [-0.2, -0.15) is 0 Å². The second-order valence-electron chi connectivity index (χ2n) is 4.06. The summed E-state index contributed by atoms with van der Waals surface area (Å²) in [6.45, 7) is 10.7. The highest BCUT2D eigenvalue weighted by atomic mass is 16.5. The van der Waals surface area contributed by atoms with Crippen LogP contribution in [0.4, 0.5) is 0 Å². The van der Waals surface area contributed by atoms with E-state index in [2.05, 4.69) is 13.2 Å². The van der Waals surface area contributed by atoms with Crippen LogP contribution in [0.15, 0.2) is 25.3 Å². The molecule has 0 aromatic carbocycles. The number of ether oxygens (including phenoxy) is 2. The third-order valence-corrected chi connectivity index (χ3v) is 2.63. The summed E-state index contributed by atoms with van der Waals surface area (Å²) in [5.74, 6) is -3.85. The van der Waals surface area contributed by atoms with Crippen molar-refractivity contribution < 1.29 is 23.9 Å². The first kappa shape index (κ1) is 18.1. The molecule has 0 aromatic rings. The molecule has 2 atom stereocenters. The number of hydrogen-bond donors (Lipinski definition) is 0. The Balaban J connectivity index is 5.13. The fraction of sp³-hybridized carbons (Fsp3) is 0.533. The number of carbonyl (C=O) groups excluding carboxylic acids is 3. The zero-order valence-corrected chi connectivity index (χ0v) is 12.1. The Hall–Kier alpha value is -1.91. The van der Waals surface area contributed by atoms with Gasteiger partial charge in [0.15, 0.2) is 5.78 Å². The molecule has 0 aliphatic heterocycles. The second-order valence-corrected chi connectivity index (χ2v) is 4.06. The Morgan fingerprint density at radius 2 is 1.25 bits per heavy atom. The molecule has 5 nitrogen and oxygen atoms in total. The number of rotatable bonds is 10. The summed E-state index contributed by atoms with van der Waals surface area (Å²) in [7, 11) is 0. The van der Waals surface area contributed by atoms with Gasteiger partial charge in [0.2, 0.25) is 0 Å². The number of esters is 2. The zero-order chi connectivity index (χ0) is 15.5. The largest absolute Gasteiger partial charge is 0.465 e. The molecule has 2 unspecified atom stereocenters. The first-order valence-electron chi connectivity index (χ1n) is 6.62. The minimum atomic E-state index is -1.03. The summed E-state index contributed by atoms with van der Waals surface area (Å²) in [5, 5.41) is 0. The maximum Gasteiger partial charge on any atom is 0.316 e. The molecule has 0 aromatic heterocycles. The van der Waals surface area contributed by atoms with Gasteiger partial charge in [-0.3, -0.25) is 14.4 Å². The van der Waals surface area contributed by atoms with E-state index in [9.17, 15) is 14.4 Å². The van der Waals surface area contributed by atoms with Crippen LogP contribution >= 0.6 is 0 Å². The van der Waals surface area contributed by atoms with Gasteiger partial charge in [0.1, 0.15) is 11.8 Å². The van der Waals surface area contributed by atoms with E-state index in [4.69, 9.17) is 9.47 Å². The molecule has 112 valence electrons. The van der Waals surface area contributed by atoms with Crippen LogP contribution in [0.5, 0.6) is 0 Å². The average Bonchev–Trinajstić information content (AvgIpc) is 2.41. The lowest BCUT2D eigenvalue weighted by atomic mass is 9.88. The van der Waals surface area contributed by atoms with Gasteiger partial charge < -0.3 is 9.47 Å². The lowest BCUT2D eigenvalue weighted by molar-refractivity contribution is -0.157. The molecule has 0 aliphatic rings. The molecule has 0 spiro atoms. The van der Waals surface area contributed by atoms with Gasteiger partial charge in [-0.25, -0.2) is 0 Å². The van der Waals surface area contributed by atoms with Crippen LogP contribution in [0.1, 0.15) is 26.7 Å². The van der Waals surface area contributed by atoms with Crippen molar-refractivity contribution in [3.05, 3.63) is 25.3 Å². The van der Waals surface area contributed by atoms with Crippen LogP contribution in [0.3, 0.4) is 0 Å². The minimum Gasteiger partial charge on any atom is -0.465 e. The molecule has 0 saturated carbocycles. The third kappa shape index (κ3) is 5.38. The highest BCUT2D eigenvalue weighted by molar-refractivity contribution is 6.08. The summed E-state index contributed by atoms with van der Waals surface area (Å²) >= 11 is 0. The van der Waals surface area contributed by atoms with E-state index in [1.807, 2.05) is 0 Å². The van der Waals surface area contributed by atoms with Gasteiger partial charge >= 0.3 is 11.9 Å². The van der Waals surface area contributed by atoms with Gasteiger partial charge in [-0.15, -0.1) is 13.2 Å². The molecule has 0 aliphatic carbocycles. The van der Waals surface area contributed by atoms with E-state index >= 15 is 0 Å². The minimum absolute atomic E-state index is 0.130. The van der Waals surface area contributed by atoms with Crippen LogP contribution in [-0.2, 0) is 23.9 Å². The molecule has 5 heteroatoms. The Labute approximate surface area is 119 Å². The van der Waals surface area contributed by atoms with Crippen LogP contribution in [0.2, 0.25) is 0 Å². The molecule has 0 fully saturated rings. The van der Waals surface area contributed by atoms with Crippen LogP contribution in [0, 0.1) is 11.8 Å². The number of Topliss-reactive ketones (excluding diaryl/α,β-unsaturated/α-hetero) is 1. The first-order valence-corrected chi connectivity index (χ1v) is 6.62. The molecule has 0 saturated heterocycles. The standard InChI is InChI=1S/C15H22O5/c1-5-9-11(14(17)19-7-3)13(16)12(10-6-2)15(18)20-8-4/h5-6,11-12H,1-2,7-10H2,3-4H3. The Morgan fingerprint density at radius 1 is 0.900 bits per heavy atom. The summed E-state index contributed by atoms with van der Waals surface area (Å²) in [6, 6.07) is 0. The van der Waals surface area contributed by atoms with Crippen molar-refractivity contribution in [2.75, 3.05) is 13.2 Å². The fourth-order valence-corrected chi connectivity index (χ4v) is 1.72. The summed E-state index contributed by atoms with van der Waals surface area (Å²) < 4.78 is 9.72. The number of allylic oxidation sites excluding steroid dienone is 2. The molecular formula is C15H22O5. The molecule has 0 amide bonds. The summed E-state index contributed by atoms with van der Waals surface area (Å²) in [6.07, 6.45) is 3.17. The number of hydrogen-bond acceptors (Lipinski definition) is 5. The highest BCUT2D eigenvalue weighted by Crippen LogP contribution is 2.19. The molecule has 0 heterocycles.